The molecule has 0 aromatic heterocycles. The monoisotopic (exact) mass is 1450 g/mol. The van der Waals surface area contributed by atoms with Gasteiger partial charge >= 0.3 is 5.97 Å². The van der Waals surface area contributed by atoms with Crippen LogP contribution in [0.5, 0.6) is 46.0 Å². The van der Waals surface area contributed by atoms with Gasteiger partial charge in [-0.3, -0.25) is 33.6 Å². The van der Waals surface area contributed by atoms with Crippen LogP contribution in [0, 0.1) is 5.92 Å². The van der Waals surface area contributed by atoms with Crippen molar-refractivity contribution in [2.45, 2.75) is 156 Å². The summed E-state index contributed by atoms with van der Waals surface area (Å²) in [4.78, 5) is 117. The van der Waals surface area contributed by atoms with Crippen LogP contribution >= 0.6 is 23.2 Å². The molecule has 21 N–H and O–H groups in total. The second kappa shape index (κ2) is 30.2. The number of hydrogen-bond donors (Lipinski definition) is 19. The molecule has 101 heavy (non-hydrogen) atoms. The maximum Gasteiger partial charge on any atom is 0.330 e. The number of halogens is 2. The Morgan fingerprint density at radius 1 is 0.713 bits per heavy atom. The van der Waals surface area contributed by atoms with Crippen molar-refractivity contribution in [3.8, 4) is 57.1 Å². The van der Waals surface area contributed by atoms with Crippen LogP contribution in [0.4, 0.5) is 0 Å². The Kier molecular flexibility index (Phi) is 22.2. The lowest BCUT2D eigenvalue weighted by atomic mass is 9.86. The molecule has 12 rings (SSSR count). The first-order valence-corrected chi connectivity index (χ1v) is 32.4. The summed E-state index contributed by atoms with van der Waals surface area (Å²) in [6.45, 7) is 5.66. The number of hydrogen-bond acceptors (Lipinski definition) is 25. The summed E-state index contributed by atoms with van der Waals surface area (Å²) < 4.78 is 38.3. The number of aromatic hydroxyl groups is 3. The van der Waals surface area contributed by atoms with Crippen LogP contribution in [0.15, 0.2) is 78.9 Å². The highest BCUT2D eigenvalue weighted by Gasteiger charge is 2.51. The van der Waals surface area contributed by atoms with Crippen molar-refractivity contribution in [1.82, 2.24) is 37.2 Å². The van der Waals surface area contributed by atoms with E-state index in [1.807, 2.05) is 13.8 Å². The standard InChI is InChI=1S/C66H75Cl2N9O24/c1-23(2)12-34(71-5)58(88)76-49-51(83)26-7-10-38(32(67)14-26)97-40-16-28-17-41(55(40)101-65-56(54(86)53(85)42(22-78)99-65)100-44-21-66(4,70)57(87)24(3)96-44)98-39-11-8-27(15-33(39)68)52(84)50-63(93)75-48(64(94)95)31-18-29(79)19-37(81)45(31)30-13-25(6-9-36(30)80)46(60(90)77-50)74-61(91)47(28)73-59(89)35(20-43(69)82)72-62(49)92/h6-11,13-19,23-24,34-35,42,44,46-54,56-57,65,71,78-81,83-87H,12,20-22,70H2,1-5H3,(H2,69,82)(H,72,92)(H,73,89)(H,74,91)(H,75,93)(H,76,88)(H,77,90)(H,94,95)/t24?,34?,35?,42-,44?,46?,47?,48?,49?,50?,51?,52?,53-,54+,56-,57?,65+,66?/m1/s1. The van der Waals surface area contributed by atoms with Gasteiger partial charge in [0.05, 0.1) is 41.3 Å². The quantitative estimate of drug-likeness (QED) is 0.0743. The molecule has 35 heteroatoms. The number of nitrogens with one attached hydrogen (secondary N) is 7. The largest absolute Gasteiger partial charge is 0.508 e. The van der Waals surface area contributed by atoms with Crippen molar-refractivity contribution in [2.75, 3.05) is 13.7 Å². The van der Waals surface area contributed by atoms with Crippen molar-refractivity contribution in [3.63, 3.8) is 0 Å². The van der Waals surface area contributed by atoms with Crippen LogP contribution in [0.3, 0.4) is 0 Å². The van der Waals surface area contributed by atoms with Gasteiger partial charge in [-0.25, -0.2) is 4.79 Å². The smallest absolute Gasteiger partial charge is 0.330 e. The van der Waals surface area contributed by atoms with Gasteiger partial charge in [-0.1, -0.05) is 55.2 Å². The van der Waals surface area contributed by atoms with E-state index in [1.54, 1.807) is 0 Å². The van der Waals surface area contributed by atoms with Crippen molar-refractivity contribution >= 4 is 70.5 Å². The van der Waals surface area contributed by atoms with Crippen LogP contribution in [-0.2, 0) is 52.6 Å². The molecule has 18 atom stereocenters. The Balaban J connectivity index is 1.24. The van der Waals surface area contributed by atoms with Crippen molar-refractivity contribution in [2.24, 2.45) is 17.4 Å². The number of phenolic OH excluding ortho intramolecular Hbond substituents is 3. The number of aliphatic hydroxyl groups is 6. The lowest BCUT2D eigenvalue weighted by Crippen LogP contribution is -2.64. The normalized spacial score (nSPS) is 29.4. The highest BCUT2D eigenvalue weighted by Crippen LogP contribution is 2.50. The third-order valence-electron chi connectivity index (χ3n) is 17.8. The topological polar surface area (TPSA) is 530 Å². The van der Waals surface area contributed by atoms with Gasteiger partial charge in [0.25, 0.3) is 0 Å². The molecular formula is C66H75Cl2N9O24. The zero-order chi connectivity index (χ0) is 73.5. The number of carbonyl (C=O) groups is 8. The van der Waals surface area contributed by atoms with Gasteiger partial charge in [0, 0.05) is 34.7 Å². The number of carbonyl (C=O) groups excluding carboxylic acids is 7. The summed E-state index contributed by atoms with van der Waals surface area (Å²) in [6.07, 6.45) is -18.6. The van der Waals surface area contributed by atoms with E-state index in [-0.39, 0.29) is 46.2 Å². The van der Waals surface area contributed by atoms with E-state index in [1.165, 1.54) is 33.0 Å². The molecule has 7 aliphatic rings. The predicted octanol–water partition coefficient (Wildman–Crippen LogP) is 0.106. The number of likely N-dealkylation sites (N-methyl/N-ethyl adjacent to an activating group) is 1. The molecule has 7 aliphatic heterocycles. The molecule has 5 aromatic carbocycles. The van der Waals surface area contributed by atoms with Crippen molar-refractivity contribution in [1.29, 1.82) is 0 Å². The van der Waals surface area contributed by atoms with Gasteiger partial charge in [-0.2, -0.15) is 0 Å². The predicted molar refractivity (Wildman–Crippen MR) is 349 cm³/mol. The van der Waals surface area contributed by atoms with Gasteiger partial charge in [0.15, 0.2) is 29.9 Å². The molecule has 11 bridgehead atoms. The fourth-order valence-corrected chi connectivity index (χ4v) is 12.9. The molecule has 0 aliphatic carbocycles. The van der Waals surface area contributed by atoms with Gasteiger partial charge in [-0.15, -0.1) is 0 Å². The summed E-state index contributed by atoms with van der Waals surface area (Å²) in [5, 5.41) is 131. The molecule has 7 amide bonds. The Morgan fingerprint density at radius 2 is 1.32 bits per heavy atom. The number of phenols is 3. The summed E-state index contributed by atoms with van der Waals surface area (Å²) >= 11 is 14.1. The highest BCUT2D eigenvalue weighted by molar-refractivity contribution is 6.32. The first-order chi connectivity index (χ1) is 47.7. The first kappa shape index (κ1) is 74.5. The van der Waals surface area contributed by atoms with Crippen LogP contribution in [-0.4, -0.2) is 191 Å². The fourth-order valence-electron chi connectivity index (χ4n) is 12.5. The van der Waals surface area contributed by atoms with E-state index in [2.05, 4.69) is 37.2 Å². The average molecular weight is 1450 g/mol. The van der Waals surface area contributed by atoms with Gasteiger partial charge in [0.2, 0.25) is 53.4 Å². The SMILES string of the molecule is CNC(CC(C)C)C(=O)NC1C(=O)NC(CC(N)=O)C(=O)NC2C(=O)NC3C(=O)NC(C(=O)NC(C(=O)O)c4cc(O)cc(O)c4-c4cc3ccc4O)C(O)c3ccc(c(Cl)c3)Oc3cc2cc(c3O[C@@H]2O[C@H](CO)[C@@H](O)[C@H](O)[C@H]2OC2CC(C)(N)C(O)C(C)O2)Oc2ccc(cc2Cl)C1O. The van der Waals surface area contributed by atoms with E-state index in [0.29, 0.717) is 0 Å². The number of carboxylic acid groups (broad SMARTS) is 1. The van der Waals surface area contributed by atoms with E-state index in [9.17, 15) is 75.0 Å². The van der Waals surface area contributed by atoms with Crippen molar-refractivity contribution in [3.05, 3.63) is 117 Å². The van der Waals surface area contributed by atoms with E-state index in [4.69, 9.17) is 63.1 Å². The van der Waals surface area contributed by atoms with Crippen LogP contribution in [0.25, 0.3) is 11.1 Å². The second-order valence-electron chi connectivity index (χ2n) is 25.7. The summed E-state index contributed by atoms with van der Waals surface area (Å²) in [6, 6.07) is -0.679. The molecule has 2 saturated heterocycles. The molecule has 0 saturated carbocycles. The third-order valence-corrected chi connectivity index (χ3v) is 18.4. The van der Waals surface area contributed by atoms with Crippen molar-refractivity contribution < 1.29 is 118 Å². The molecule has 13 unspecified atom stereocenters. The maximum atomic E-state index is 16.0. The molecule has 542 valence electrons. The lowest BCUT2D eigenvalue weighted by Gasteiger charge is -2.47. The maximum absolute atomic E-state index is 16.0. The van der Waals surface area contributed by atoms with E-state index < -0.39 is 237 Å². The summed E-state index contributed by atoms with van der Waals surface area (Å²) in [5.74, 6) is -16.0. The zero-order valence-corrected chi connectivity index (χ0v) is 55.8. The Labute approximate surface area is 584 Å². The highest BCUT2D eigenvalue weighted by atomic mass is 35.5. The first-order valence-electron chi connectivity index (χ1n) is 31.6. The Hall–Kier alpha value is -9.20. The van der Waals surface area contributed by atoms with E-state index in [0.717, 1.165) is 66.7 Å². The number of nitrogens with two attached hydrogens (primary N) is 2. The number of amides is 7. The van der Waals surface area contributed by atoms with Crippen LogP contribution in [0.2, 0.25) is 10.0 Å². The number of fused-ring (bicyclic) bond motifs is 15. The van der Waals surface area contributed by atoms with Gasteiger partial charge in [-0.05, 0) is 110 Å². The molecule has 2 fully saturated rings. The summed E-state index contributed by atoms with van der Waals surface area (Å²) in [7, 11) is 1.47. The fraction of sp³-hybridized carbons (Fsp3) is 0.424. The number of carboxylic acids is 1. The number of primary amides is 1. The average Bonchev–Trinajstić information content (AvgIpc) is 0.775. The number of aliphatic hydroxyl groups excluding tert-OH is 6. The van der Waals surface area contributed by atoms with E-state index >= 15 is 14.4 Å². The molecule has 7 heterocycles. The Morgan fingerprint density at radius 3 is 1.90 bits per heavy atom. The molecule has 0 radical (unpaired) electrons. The van der Waals surface area contributed by atoms with Crippen LogP contribution < -0.4 is 62.9 Å². The number of benzene rings is 5. The zero-order valence-electron chi connectivity index (χ0n) is 54.3. The minimum Gasteiger partial charge on any atom is -0.508 e. The Bertz CT molecular complexity index is 4070. The minimum atomic E-state index is -2.35. The van der Waals surface area contributed by atoms with Crippen LogP contribution in [0.1, 0.15) is 105 Å². The minimum absolute atomic E-state index is 0.0975. The number of aliphatic carboxylic acids is 1. The second-order valence-corrected chi connectivity index (χ2v) is 26.5. The summed E-state index contributed by atoms with van der Waals surface area (Å²) in [5.41, 5.74) is 8.00. The third kappa shape index (κ3) is 15.8. The van der Waals surface area contributed by atoms with Gasteiger partial charge in [0.1, 0.15) is 89.5 Å². The number of rotatable bonds is 13. The molecular weight excluding hydrogens is 1370 g/mol. The lowest BCUT2D eigenvalue weighted by molar-refractivity contribution is -0.333. The molecule has 0 spiro atoms. The number of ether oxygens (including phenoxy) is 6. The molecule has 5 aromatic rings. The van der Waals surface area contributed by atoms with Gasteiger partial charge < -0.3 is 128 Å². The molecule has 33 nitrogen and oxygen atoms in total.